The number of amides is 1. The third kappa shape index (κ3) is 6.61. The number of carbonyl (C=O) groups is 1. The Balaban J connectivity index is 1.45. The van der Waals surface area contributed by atoms with E-state index in [0.29, 0.717) is 55.1 Å². The number of thioether (sulfide) groups is 1. The minimum Gasteiger partial charge on any atom is -0.493 e. The van der Waals surface area contributed by atoms with Gasteiger partial charge in [0.25, 0.3) is 0 Å². The van der Waals surface area contributed by atoms with Crippen molar-refractivity contribution in [2.24, 2.45) is 0 Å². The summed E-state index contributed by atoms with van der Waals surface area (Å²) in [4.78, 5) is 12.3. The van der Waals surface area contributed by atoms with Crippen LogP contribution in [0.25, 0.3) is 0 Å². The van der Waals surface area contributed by atoms with E-state index in [4.69, 9.17) is 21.1 Å². The molecule has 2 aromatic carbocycles. The Morgan fingerprint density at radius 1 is 1.17 bits per heavy atom. The number of sulfonamides is 1. The van der Waals surface area contributed by atoms with E-state index in [0.717, 1.165) is 0 Å². The van der Waals surface area contributed by atoms with E-state index >= 15 is 0 Å². The van der Waals surface area contributed by atoms with Gasteiger partial charge in [0.2, 0.25) is 15.9 Å². The molecule has 1 amide bonds. The van der Waals surface area contributed by atoms with Crippen LogP contribution >= 0.6 is 23.4 Å². The number of carbonyl (C=O) groups excluding carboxylic acids is 1. The quantitative estimate of drug-likeness (QED) is 0.567. The molecular weight excluding hydrogens is 448 g/mol. The maximum Gasteiger partial charge on any atom is 0.243 e. The molecule has 0 aromatic heterocycles. The topological polar surface area (TPSA) is 84.9 Å². The van der Waals surface area contributed by atoms with Crippen molar-refractivity contribution >= 4 is 45.0 Å². The molecule has 0 aliphatic carbocycles. The van der Waals surface area contributed by atoms with Gasteiger partial charge in [-0.05, 0) is 36.4 Å². The van der Waals surface area contributed by atoms with Crippen molar-refractivity contribution in [3.05, 3.63) is 53.6 Å². The maximum absolute atomic E-state index is 12.7. The van der Waals surface area contributed by atoms with Gasteiger partial charge in [0.15, 0.2) is 0 Å². The molecule has 3 rings (SSSR count). The standard InChI is InChI=1S/C20H23ClN2O5S2/c21-16-3-1-5-18(13-16)28-11-12-29-15-20(24)22-17-4-2-6-19(14-17)30(25,26)23-7-9-27-10-8-23/h1-6,13-14H,7-12,15H2,(H,22,24). The molecule has 1 fully saturated rings. The number of hydrogen-bond donors (Lipinski definition) is 1. The molecule has 0 radical (unpaired) electrons. The van der Waals surface area contributed by atoms with Crippen LogP contribution in [0.1, 0.15) is 0 Å². The zero-order valence-corrected chi connectivity index (χ0v) is 18.6. The van der Waals surface area contributed by atoms with Crippen LogP contribution < -0.4 is 10.1 Å². The van der Waals surface area contributed by atoms with Crippen LogP contribution in [0, 0.1) is 0 Å². The number of nitrogens with one attached hydrogen (secondary N) is 1. The molecule has 0 atom stereocenters. The van der Waals surface area contributed by atoms with Crippen LogP contribution in [0.2, 0.25) is 5.02 Å². The van der Waals surface area contributed by atoms with Gasteiger partial charge >= 0.3 is 0 Å². The van der Waals surface area contributed by atoms with Gasteiger partial charge in [-0.3, -0.25) is 4.79 Å². The third-order valence-electron chi connectivity index (χ3n) is 4.25. The number of hydrogen-bond acceptors (Lipinski definition) is 6. The molecule has 30 heavy (non-hydrogen) atoms. The van der Waals surface area contributed by atoms with E-state index in [1.54, 1.807) is 24.3 Å². The lowest BCUT2D eigenvalue weighted by atomic mass is 10.3. The van der Waals surface area contributed by atoms with Crippen molar-refractivity contribution < 1.29 is 22.7 Å². The molecule has 0 saturated carbocycles. The Bertz CT molecular complexity index is 965. The first-order valence-electron chi connectivity index (χ1n) is 9.39. The molecule has 0 unspecified atom stereocenters. The Kier molecular flexibility index (Phi) is 8.41. The van der Waals surface area contributed by atoms with Crippen molar-refractivity contribution in [2.75, 3.05) is 49.7 Å². The van der Waals surface area contributed by atoms with Gasteiger partial charge in [-0.25, -0.2) is 8.42 Å². The molecule has 10 heteroatoms. The molecule has 1 aliphatic heterocycles. The Morgan fingerprint density at radius 3 is 2.70 bits per heavy atom. The maximum atomic E-state index is 12.7. The van der Waals surface area contributed by atoms with E-state index in [2.05, 4.69) is 5.32 Å². The predicted octanol–water partition coefficient (Wildman–Crippen LogP) is 3.11. The molecule has 0 bridgehead atoms. The second-order valence-electron chi connectivity index (χ2n) is 6.45. The highest BCUT2D eigenvalue weighted by molar-refractivity contribution is 7.99. The van der Waals surface area contributed by atoms with Crippen LogP contribution in [0.5, 0.6) is 5.75 Å². The fourth-order valence-electron chi connectivity index (χ4n) is 2.81. The van der Waals surface area contributed by atoms with Crippen molar-refractivity contribution in [3.63, 3.8) is 0 Å². The normalized spacial score (nSPS) is 15.0. The lowest BCUT2D eigenvalue weighted by molar-refractivity contribution is -0.113. The molecule has 1 aliphatic rings. The summed E-state index contributed by atoms with van der Waals surface area (Å²) in [5, 5.41) is 3.36. The molecule has 1 saturated heterocycles. The second-order valence-corrected chi connectivity index (χ2v) is 9.93. The largest absolute Gasteiger partial charge is 0.493 e. The third-order valence-corrected chi connectivity index (χ3v) is 7.30. The summed E-state index contributed by atoms with van der Waals surface area (Å²) in [5.74, 6) is 1.35. The average Bonchev–Trinajstić information content (AvgIpc) is 2.74. The lowest BCUT2D eigenvalue weighted by Gasteiger charge is -2.26. The summed E-state index contributed by atoms with van der Waals surface area (Å²) in [6, 6.07) is 13.4. The molecule has 1 heterocycles. The molecule has 7 nitrogen and oxygen atoms in total. The minimum absolute atomic E-state index is 0.157. The van der Waals surface area contributed by atoms with Crippen molar-refractivity contribution in [3.8, 4) is 5.75 Å². The molecule has 162 valence electrons. The van der Waals surface area contributed by atoms with Gasteiger partial charge in [0.1, 0.15) is 5.75 Å². The van der Waals surface area contributed by atoms with E-state index in [9.17, 15) is 13.2 Å². The van der Waals surface area contributed by atoms with E-state index in [1.807, 2.05) is 12.1 Å². The zero-order chi connectivity index (χ0) is 21.4. The minimum atomic E-state index is -3.60. The number of rotatable bonds is 9. The van der Waals surface area contributed by atoms with Crippen LogP contribution in [0.15, 0.2) is 53.4 Å². The Labute approximate surface area is 185 Å². The van der Waals surface area contributed by atoms with Crippen molar-refractivity contribution in [1.29, 1.82) is 0 Å². The monoisotopic (exact) mass is 470 g/mol. The number of ether oxygens (including phenoxy) is 2. The number of morpholine rings is 1. The fourth-order valence-corrected chi connectivity index (χ4v) is 5.05. The lowest BCUT2D eigenvalue weighted by Crippen LogP contribution is -2.40. The van der Waals surface area contributed by atoms with Gasteiger partial charge < -0.3 is 14.8 Å². The van der Waals surface area contributed by atoms with Crippen LogP contribution in [-0.4, -0.2) is 63.0 Å². The predicted molar refractivity (Wildman–Crippen MR) is 119 cm³/mol. The average molecular weight is 471 g/mol. The molecule has 0 spiro atoms. The zero-order valence-electron chi connectivity index (χ0n) is 16.3. The summed E-state index contributed by atoms with van der Waals surface area (Å²) in [6.07, 6.45) is 0. The van der Waals surface area contributed by atoms with E-state index in [1.165, 1.54) is 28.2 Å². The van der Waals surface area contributed by atoms with Crippen LogP contribution in [0.3, 0.4) is 0 Å². The fraction of sp³-hybridized carbons (Fsp3) is 0.350. The van der Waals surface area contributed by atoms with Gasteiger partial charge in [-0.2, -0.15) is 4.31 Å². The molecule has 1 N–H and O–H groups in total. The number of benzene rings is 2. The van der Waals surface area contributed by atoms with E-state index < -0.39 is 10.0 Å². The summed E-state index contributed by atoms with van der Waals surface area (Å²) < 4.78 is 37.7. The summed E-state index contributed by atoms with van der Waals surface area (Å²) >= 11 is 7.33. The second kappa shape index (κ2) is 11.0. The highest BCUT2D eigenvalue weighted by atomic mass is 35.5. The summed E-state index contributed by atoms with van der Waals surface area (Å²) in [5.41, 5.74) is 0.449. The smallest absolute Gasteiger partial charge is 0.243 e. The Morgan fingerprint density at radius 2 is 1.93 bits per heavy atom. The van der Waals surface area contributed by atoms with Crippen LogP contribution in [-0.2, 0) is 19.6 Å². The van der Waals surface area contributed by atoms with Gasteiger partial charge in [-0.1, -0.05) is 23.7 Å². The highest BCUT2D eigenvalue weighted by Crippen LogP contribution is 2.21. The first-order chi connectivity index (χ1) is 14.4. The highest BCUT2D eigenvalue weighted by Gasteiger charge is 2.26. The first-order valence-corrected chi connectivity index (χ1v) is 12.4. The first kappa shape index (κ1) is 22.9. The number of nitrogens with zero attached hydrogens (tertiary/aromatic N) is 1. The van der Waals surface area contributed by atoms with Crippen LogP contribution in [0.4, 0.5) is 5.69 Å². The number of anilines is 1. The van der Waals surface area contributed by atoms with Crippen molar-refractivity contribution in [2.45, 2.75) is 4.90 Å². The van der Waals surface area contributed by atoms with Crippen molar-refractivity contribution in [1.82, 2.24) is 4.31 Å². The molecule has 2 aromatic rings. The number of halogens is 1. The molecular formula is C20H23ClN2O5S2. The summed E-state index contributed by atoms with van der Waals surface area (Å²) in [7, 11) is -3.60. The Hall–Kier alpha value is -1.78. The van der Waals surface area contributed by atoms with E-state index in [-0.39, 0.29) is 16.6 Å². The van der Waals surface area contributed by atoms with Gasteiger partial charge in [-0.15, -0.1) is 11.8 Å². The SMILES string of the molecule is O=C(CSCCOc1cccc(Cl)c1)Nc1cccc(S(=O)(=O)N2CCOCC2)c1. The van der Waals surface area contributed by atoms with Gasteiger partial charge in [0, 0.05) is 29.6 Å². The van der Waals surface area contributed by atoms with Gasteiger partial charge in [0.05, 0.1) is 30.5 Å². The summed E-state index contributed by atoms with van der Waals surface area (Å²) in [6.45, 7) is 1.87.